The highest BCUT2D eigenvalue weighted by molar-refractivity contribution is 5.85. The zero-order valence-electron chi connectivity index (χ0n) is 11.3. The SMILES string of the molecule is N#Cc1cc(OCC2CCNCC2)nc2ccccc12. The number of piperidine rings is 1. The van der Waals surface area contributed by atoms with Crippen molar-refractivity contribution in [2.45, 2.75) is 12.8 Å². The topological polar surface area (TPSA) is 57.9 Å². The molecule has 1 aliphatic rings. The third-order valence-electron chi connectivity index (χ3n) is 3.74. The second kappa shape index (κ2) is 5.89. The molecule has 1 aromatic heterocycles. The van der Waals surface area contributed by atoms with E-state index in [9.17, 15) is 5.26 Å². The van der Waals surface area contributed by atoms with Gasteiger partial charge < -0.3 is 10.1 Å². The minimum Gasteiger partial charge on any atom is -0.477 e. The van der Waals surface area contributed by atoms with Gasteiger partial charge in [0.25, 0.3) is 0 Å². The van der Waals surface area contributed by atoms with Gasteiger partial charge in [-0.3, -0.25) is 0 Å². The maximum Gasteiger partial charge on any atom is 0.215 e. The van der Waals surface area contributed by atoms with Gasteiger partial charge >= 0.3 is 0 Å². The third kappa shape index (κ3) is 2.73. The summed E-state index contributed by atoms with van der Waals surface area (Å²) in [6.45, 7) is 2.79. The Morgan fingerprint density at radius 2 is 2.10 bits per heavy atom. The Morgan fingerprint density at radius 1 is 1.30 bits per heavy atom. The summed E-state index contributed by atoms with van der Waals surface area (Å²) >= 11 is 0. The summed E-state index contributed by atoms with van der Waals surface area (Å²) in [5.41, 5.74) is 1.43. The van der Waals surface area contributed by atoms with Crippen LogP contribution in [0.1, 0.15) is 18.4 Å². The first-order valence-electron chi connectivity index (χ1n) is 7.00. The summed E-state index contributed by atoms with van der Waals surface area (Å²) in [5.74, 6) is 1.13. The number of benzene rings is 1. The number of rotatable bonds is 3. The molecule has 0 amide bonds. The van der Waals surface area contributed by atoms with Crippen molar-refractivity contribution in [2.75, 3.05) is 19.7 Å². The van der Waals surface area contributed by atoms with E-state index in [1.807, 2.05) is 24.3 Å². The van der Waals surface area contributed by atoms with Crippen LogP contribution in [0.15, 0.2) is 30.3 Å². The quantitative estimate of drug-likeness (QED) is 0.928. The minimum absolute atomic E-state index is 0.554. The fourth-order valence-electron chi connectivity index (χ4n) is 2.57. The lowest BCUT2D eigenvalue weighted by Gasteiger charge is -2.22. The molecule has 102 valence electrons. The van der Waals surface area contributed by atoms with Crippen LogP contribution in [0.5, 0.6) is 5.88 Å². The van der Waals surface area contributed by atoms with Gasteiger partial charge in [0.05, 0.1) is 17.7 Å². The molecule has 1 aliphatic heterocycles. The van der Waals surface area contributed by atoms with Gasteiger partial charge in [-0.25, -0.2) is 4.98 Å². The lowest BCUT2D eigenvalue weighted by molar-refractivity contribution is 0.209. The Morgan fingerprint density at radius 3 is 2.90 bits per heavy atom. The van der Waals surface area contributed by atoms with Crippen molar-refractivity contribution in [1.29, 1.82) is 5.26 Å². The Hall–Kier alpha value is -2.12. The molecular formula is C16H17N3O. The van der Waals surface area contributed by atoms with Crippen LogP contribution >= 0.6 is 0 Å². The summed E-state index contributed by atoms with van der Waals surface area (Å²) < 4.78 is 5.81. The Labute approximate surface area is 118 Å². The molecule has 2 aromatic rings. The maximum absolute atomic E-state index is 9.24. The number of para-hydroxylation sites is 1. The van der Waals surface area contributed by atoms with Crippen LogP contribution in [0.2, 0.25) is 0 Å². The summed E-state index contributed by atoms with van der Waals surface area (Å²) in [6.07, 6.45) is 2.28. The van der Waals surface area contributed by atoms with Gasteiger partial charge in [0.1, 0.15) is 6.07 Å². The average molecular weight is 267 g/mol. The molecule has 20 heavy (non-hydrogen) atoms. The lowest BCUT2D eigenvalue weighted by Crippen LogP contribution is -2.30. The molecule has 4 nitrogen and oxygen atoms in total. The van der Waals surface area contributed by atoms with Crippen LogP contribution in [-0.2, 0) is 0 Å². The highest BCUT2D eigenvalue weighted by atomic mass is 16.5. The van der Waals surface area contributed by atoms with Crippen molar-refractivity contribution in [2.24, 2.45) is 5.92 Å². The number of ether oxygens (including phenoxy) is 1. The van der Waals surface area contributed by atoms with Gasteiger partial charge in [0.2, 0.25) is 5.88 Å². The van der Waals surface area contributed by atoms with E-state index in [1.165, 1.54) is 0 Å². The molecule has 0 spiro atoms. The second-order valence-corrected chi connectivity index (χ2v) is 5.14. The van der Waals surface area contributed by atoms with E-state index in [-0.39, 0.29) is 0 Å². The number of fused-ring (bicyclic) bond motifs is 1. The minimum atomic E-state index is 0.554. The zero-order chi connectivity index (χ0) is 13.8. The number of nitrogens with one attached hydrogen (secondary N) is 1. The van der Waals surface area contributed by atoms with E-state index in [1.54, 1.807) is 6.07 Å². The van der Waals surface area contributed by atoms with E-state index in [0.29, 0.717) is 24.0 Å². The van der Waals surface area contributed by atoms with E-state index in [2.05, 4.69) is 16.4 Å². The molecule has 0 atom stereocenters. The molecule has 4 heteroatoms. The van der Waals surface area contributed by atoms with Crippen molar-refractivity contribution < 1.29 is 4.74 Å². The molecular weight excluding hydrogens is 250 g/mol. The first-order chi connectivity index (χ1) is 9.86. The molecule has 0 saturated carbocycles. The van der Waals surface area contributed by atoms with E-state index < -0.39 is 0 Å². The Bertz CT molecular complexity index is 642. The molecule has 2 heterocycles. The summed E-state index contributed by atoms with van der Waals surface area (Å²) in [6, 6.07) is 11.6. The molecule has 1 fully saturated rings. The highest BCUT2D eigenvalue weighted by Crippen LogP contribution is 2.22. The number of hydrogen-bond donors (Lipinski definition) is 1. The lowest BCUT2D eigenvalue weighted by atomic mass is 9.99. The van der Waals surface area contributed by atoms with Crippen LogP contribution < -0.4 is 10.1 Å². The van der Waals surface area contributed by atoms with Gasteiger partial charge in [0, 0.05) is 11.5 Å². The number of hydrogen-bond acceptors (Lipinski definition) is 4. The van der Waals surface area contributed by atoms with Crippen molar-refractivity contribution >= 4 is 10.9 Å². The fourth-order valence-corrected chi connectivity index (χ4v) is 2.57. The first kappa shape index (κ1) is 12.9. The first-order valence-corrected chi connectivity index (χ1v) is 7.00. The molecule has 1 aromatic carbocycles. The monoisotopic (exact) mass is 267 g/mol. The summed E-state index contributed by atoms with van der Waals surface area (Å²) in [7, 11) is 0. The van der Waals surface area contributed by atoms with Gasteiger partial charge in [-0.05, 0) is 37.9 Å². The Kier molecular flexibility index (Phi) is 3.80. The van der Waals surface area contributed by atoms with Crippen molar-refractivity contribution in [3.05, 3.63) is 35.9 Å². The predicted octanol–water partition coefficient (Wildman–Crippen LogP) is 2.48. The van der Waals surface area contributed by atoms with Crippen LogP contribution in [0.3, 0.4) is 0 Å². The smallest absolute Gasteiger partial charge is 0.215 e. The average Bonchev–Trinajstić information content (AvgIpc) is 2.53. The predicted molar refractivity (Wildman–Crippen MR) is 77.5 cm³/mol. The van der Waals surface area contributed by atoms with Crippen LogP contribution in [0, 0.1) is 17.2 Å². The van der Waals surface area contributed by atoms with Gasteiger partial charge in [-0.2, -0.15) is 5.26 Å². The number of nitriles is 1. The van der Waals surface area contributed by atoms with Gasteiger partial charge in [-0.1, -0.05) is 18.2 Å². The third-order valence-corrected chi connectivity index (χ3v) is 3.74. The van der Waals surface area contributed by atoms with Gasteiger partial charge in [0.15, 0.2) is 0 Å². The van der Waals surface area contributed by atoms with Crippen LogP contribution in [-0.4, -0.2) is 24.7 Å². The van der Waals surface area contributed by atoms with Crippen molar-refractivity contribution in [1.82, 2.24) is 10.3 Å². The summed E-state index contributed by atoms with van der Waals surface area (Å²) in [5, 5.41) is 13.5. The standard InChI is InChI=1S/C16H17N3O/c17-10-13-9-16(19-15-4-2-1-3-14(13)15)20-11-12-5-7-18-8-6-12/h1-4,9,12,18H,5-8,11H2. The molecule has 0 bridgehead atoms. The second-order valence-electron chi connectivity index (χ2n) is 5.14. The molecule has 3 rings (SSSR count). The Balaban J connectivity index is 1.79. The van der Waals surface area contributed by atoms with E-state index in [4.69, 9.17) is 4.74 Å². The summed E-state index contributed by atoms with van der Waals surface area (Å²) in [4.78, 5) is 4.48. The van der Waals surface area contributed by atoms with Crippen molar-refractivity contribution in [3.8, 4) is 11.9 Å². The van der Waals surface area contributed by atoms with Gasteiger partial charge in [-0.15, -0.1) is 0 Å². The van der Waals surface area contributed by atoms with E-state index >= 15 is 0 Å². The largest absolute Gasteiger partial charge is 0.477 e. The highest BCUT2D eigenvalue weighted by Gasteiger charge is 2.14. The number of aromatic nitrogens is 1. The van der Waals surface area contributed by atoms with Crippen LogP contribution in [0.25, 0.3) is 10.9 Å². The molecule has 0 aliphatic carbocycles. The molecule has 1 saturated heterocycles. The zero-order valence-corrected chi connectivity index (χ0v) is 11.3. The number of pyridine rings is 1. The maximum atomic E-state index is 9.24. The van der Waals surface area contributed by atoms with Crippen molar-refractivity contribution in [3.63, 3.8) is 0 Å². The van der Waals surface area contributed by atoms with E-state index in [0.717, 1.165) is 36.8 Å². The molecule has 1 N–H and O–H groups in total. The normalized spacial score (nSPS) is 15.9. The number of nitrogens with zero attached hydrogens (tertiary/aromatic N) is 2. The molecule has 0 unspecified atom stereocenters. The van der Waals surface area contributed by atoms with Crippen LogP contribution in [0.4, 0.5) is 0 Å². The molecule has 0 radical (unpaired) electrons. The fraction of sp³-hybridized carbons (Fsp3) is 0.375.